The summed E-state index contributed by atoms with van der Waals surface area (Å²) in [6.45, 7) is 18.6. The molecule has 1 aliphatic carbocycles. The molecule has 5 nitrogen and oxygen atoms in total. The van der Waals surface area contributed by atoms with E-state index < -0.39 is 26.3 Å². The zero-order chi connectivity index (χ0) is 23.7. The smallest absolute Gasteiger partial charge is 0.200 e. The van der Waals surface area contributed by atoms with E-state index in [1.807, 2.05) is 44.2 Å². The normalized spacial score (nSPS) is 30.3. The van der Waals surface area contributed by atoms with Crippen LogP contribution in [0.2, 0.25) is 16.6 Å². The van der Waals surface area contributed by atoms with E-state index >= 15 is 0 Å². The zero-order valence-corrected chi connectivity index (χ0v) is 22.2. The molecule has 32 heavy (non-hydrogen) atoms. The van der Waals surface area contributed by atoms with Crippen LogP contribution in [0.15, 0.2) is 30.3 Å². The maximum Gasteiger partial charge on any atom is 0.200 e. The highest BCUT2D eigenvalue weighted by Crippen LogP contribution is 2.45. The number of ether oxygens (including phenoxy) is 3. The van der Waals surface area contributed by atoms with Gasteiger partial charge in [-0.3, -0.25) is 0 Å². The van der Waals surface area contributed by atoms with Crippen LogP contribution in [0.1, 0.15) is 67.4 Å². The summed E-state index contributed by atoms with van der Waals surface area (Å²) in [6, 6.07) is 10.1. The Hall–Kier alpha value is -0.763. The summed E-state index contributed by atoms with van der Waals surface area (Å²) < 4.78 is 25.6. The minimum absolute atomic E-state index is 0.0438. The van der Waals surface area contributed by atoms with Crippen LogP contribution < -0.4 is 0 Å². The highest BCUT2D eigenvalue weighted by molar-refractivity contribution is 6.77. The van der Waals surface area contributed by atoms with Gasteiger partial charge in [0, 0.05) is 12.5 Å². The van der Waals surface area contributed by atoms with Gasteiger partial charge in [-0.2, -0.15) is 0 Å². The molecular formula is C26H44O5Si. The lowest BCUT2D eigenvalue weighted by atomic mass is 9.81. The molecule has 0 bridgehead atoms. The van der Waals surface area contributed by atoms with Gasteiger partial charge < -0.3 is 23.7 Å². The Morgan fingerprint density at radius 2 is 1.59 bits per heavy atom. The molecule has 0 unspecified atom stereocenters. The van der Waals surface area contributed by atoms with Crippen LogP contribution in [-0.2, 0) is 25.2 Å². The summed E-state index contributed by atoms with van der Waals surface area (Å²) in [4.78, 5) is 0. The SMILES string of the molecule is CC(C)[Si](OC[C@H]1C[C@@H]2OC(C)(C)O[C@@H]2[C@@H](OCc2ccccc2)[C@@H]1O)(C(C)C)C(C)C. The fraction of sp³-hybridized carbons (Fsp3) is 0.769. The van der Waals surface area contributed by atoms with Crippen molar-refractivity contribution in [1.82, 2.24) is 0 Å². The minimum Gasteiger partial charge on any atom is -0.416 e. The van der Waals surface area contributed by atoms with E-state index in [9.17, 15) is 5.11 Å². The lowest BCUT2D eigenvalue weighted by Crippen LogP contribution is -2.56. The van der Waals surface area contributed by atoms with Gasteiger partial charge in [0.2, 0.25) is 0 Å². The highest BCUT2D eigenvalue weighted by Gasteiger charge is 2.54. The third kappa shape index (κ3) is 5.31. The number of rotatable bonds is 9. The van der Waals surface area contributed by atoms with E-state index in [0.717, 1.165) is 12.0 Å². The molecule has 1 saturated heterocycles. The molecule has 0 radical (unpaired) electrons. The van der Waals surface area contributed by atoms with Crippen LogP contribution >= 0.6 is 0 Å². The molecule has 6 heteroatoms. The van der Waals surface area contributed by atoms with Crippen LogP contribution in [0, 0.1) is 5.92 Å². The van der Waals surface area contributed by atoms with Gasteiger partial charge in [-0.15, -0.1) is 0 Å². The van der Waals surface area contributed by atoms with Crippen molar-refractivity contribution in [3.8, 4) is 0 Å². The van der Waals surface area contributed by atoms with Gasteiger partial charge >= 0.3 is 0 Å². The van der Waals surface area contributed by atoms with E-state index in [1.165, 1.54) is 0 Å². The van der Waals surface area contributed by atoms with Crippen molar-refractivity contribution < 1.29 is 23.7 Å². The largest absolute Gasteiger partial charge is 0.416 e. The van der Waals surface area contributed by atoms with Gasteiger partial charge in [-0.1, -0.05) is 71.9 Å². The predicted octanol–water partition coefficient (Wildman–Crippen LogP) is 5.66. The van der Waals surface area contributed by atoms with Gasteiger partial charge in [0.15, 0.2) is 14.1 Å². The molecule has 0 spiro atoms. The Bertz CT molecular complexity index is 698. The lowest BCUT2D eigenvalue weighted by Gasteiger charge is -2.45. The monoisotopic (exact) mass is 464 g/mol. The number of benzene rings is 1. The number of hydrogen-bond acceptors (Lipinski definition) is 5. The van der Waals surface area contributed by atoms with E-state index in [4.69, 9.17) is 18.6 Å². The fourth-order valence-electron chi connectivity index (χ4n) is 6.10. The molecule has 1 N–H and O–H groups in total. The second-order valence-corrected chi connectivity index (χ2v) is 16.5. The number of aliphatic hydroxyl groups excluding tert-OH is 1. The van der Waals surface area contributed by atoms with E-state index in [-0.39, 0.29) is 18.1 Å². The zero-order valence-electron chi connectivity index (χ0n) is 21.2. The summed E-state index contributed by atoms with van der Waals surface area (Å²) in [5.74, 6) is -0.719. The van der Waals surface area contributed by atoms with Crippen LogP contribution in [0.3, 0.4) is 0 Å². The molecule has 0 aromatic heterocycles. The summed E-state index contributed by atoms with van der Waals surface area (Å²) in [5, 5.41) is 11.4. The molecule has 1 aromatic carbocycles. The van der Waals surface area contributed by atoms with Crippen LogP contribution in [0.25, 0.3) is 0 Å². The summed E-state index contributed by atoms with van der Waals surface area (Å²) in [6.07, 6.45) is -0.759. The maximum absolute atomic E-state index is 11.4. The van der Waals surface area contributed by atoms with Gasteiger partial charge in [0.05, 0.1) is 18.8 Å². The molecule has 2 fully saturated rings. The summed E-state index contributed by atoms with van der Waals surface area (Å²) in [7, 11) is -2.02. The van der Waals surface area contributed by atoms with Gasteiger partial charge in [-0.05, 0) is 42.5 Å². The quantitative estimate of drug-likeness (QED) is 0.478. The van der Waals surface area contributed by atoms with Crippen molar-refractivity contribution in [2.45, 2.75) is 115 Å². The van der Waals surface area contributed by atoms with Crippen molar-refractivity contribution in [2.75, 3.05) is 6.61 Å². The molecule has 182 valence electrons. The Morgan fingerprint density at radius 3 is 2.16 bits per heavy atom. The van der Waals surface area contributed by atoms with Crippen LogP contribution in [0.4, 0.5) is 0 Å². The van der Waals surface area contributed by atoms with Crippen LogP contribution in [-0.4, -0.2) is 50.2 Å². The minimum atomic E-state index is -2.02. The average molecular weight is 465 g/mol. The first-order valence-electron chi connectivity index (χ1n) is 12.3. The predicted molar refractivity (Wildman–Crippen MR) is 130 cm³/mol. The first-order valence-corrected chi connectivity index (χ1v) is 14.4. The maximum atomic E-state index is 11.4. The third-order valence-electron chi connectivity index (χ3n) is 7.44. The lowest BCUT2D eigenvalue weighted by molar-refractivity contribution is -0.178. The van der Waals surface area contributed by atoms with Crippen molar-refractivity contribution in [3.63, 3.8) is 0 Å². The van der Waals surface area contributed by atoms with Gasteiger partial charge in [0.25, 0.3) is 0 Å². The number of fused-ring (bicyclic) bond motifs is 1. The standard InChI is InChI=1S/C26H44O5Si/c1-17(2)32(18(3)4,19(5)6)29-16-21-14-22-24(31-26(7,8)30-22)25(23(21)27)28-15-20-12-10-9-11-13-20/h9-13,17-19,21-25,27H,14-16H2,1-8H3/t21-,22+,23-,24+,25+/m1/s1. The van der Waals surface area contributed by atoms with E-state index in [2.05, 4.69) is 41.5 Å². The Morgan fingerprint density at radius 1 is 1.00 bits per heavy atom. The molecule has 5 atom stereocenters. The molecule has 0 amide bonds. The fourth-order valence-corrected chi connectivity index (χ4v) is 11.6. The molecule has 2 aliphatic rings. The van der Waals surface area contributed by atoms with Crippen LogP contribution in [0.5, 0.6) is 0 Å². The van der Waals surface area contributed by atoms with Gasteiger partial charge in [-0.25, -0.2) is 0 Å². The van der Waals surface area contributed by atoms with Gasteiger partial charge in [0.1, 0.15) is 12.2 Å². The molecular weight excluding hydrogens is 420 g/mol. The van der Waals surface area contributed by atoms with Crippen molar-refractivity contribution in [1.29, 1.82) is 0 Å². The molecule has 1 saturated carbocycles. The highest BCUT2D eigenvalue weighted by atomic mass is 28.4. The Balaban J connectivity index is 1.77. The molecule has 1 aliphatic heterocycles. The average Bonchev–Trinajstić information content (AvgIpc) is 3.01. The summed E-state index contributed by atoms with van der Waals surface area (Å²) in [5.41, 5.74) is 2.60. The van der Waals surface area contributed by atoms with Crippen molar-refractivity contribution in [3.05, 3.63) is 35.9 Å². The van der Waals surface area contributed by atoms with Crippen molar-refractivity contribution in [2.24, 2.45) is 5.92 Å². The molecule has 3 rings (SSSR count). The Kier molecular flexibility index (Phi) is 8.27. The van der Waals surface area contributed by atoms with E-state index in [1.54, 1.807) is 0 Å². The number of hydrogen-bond donors (Lipinski definition) is 1. The molecule has 1 aromatic rings. The second-order valence-electron chi connectivity index (χ2n) is 11.0. The summed E-state index contributed by atoms with van der Waals surface area (Å²) >= 11 is 0. The van der Waals surface area contributed by atoms with Crippen molar-refractivity contribution >= 4 is 8.32 Å². The second kappa shape index (κ2) is 10.2. The first-order chi connectivity index (χ1) is 15.0. The topological polar surface area (TPSA) is 57.2 Å². The van der Waals surface area contributed by atoms with E-state index in [0.29, 0.717) is 29.8 Å². The Labute approximate surface area is 195 Å². The number of aliphatic hydroxyl groups is 1. The third-order valence-corrected chi connectivity index (χ3v) is 13.5. The molecule has 1 heterocycles. The first kappa shape index (κ1) is 25.9.